The fraction of sp³-hybridized carbons (Fsp3) is 0.500. The summed E-state index contributed by atoms with van der Waals surface area (Å²) in [6.45, 7) is 1.06. The number of hydrogen-bond acceptors (Lipinski definition) is 8. The van der Waals surface area contributed by atoms with Gasteiger partial charge >= 0.3 is 0 Å². The zero-order chi connectivity index (χ0) is 27.6. The molecule has 1 spiro atoms. The lowest BCUT2D eigenvalue weighted by atomic mass is 9.88. The van der Waals surface area contributed by atoms with Crippen molar-refractivity contribution in [2.24, 2.45) is 0 Å². The van der Waals surface area contributed by atoms with Gasteiger partial charge in [-0.2, -0.15) is 4.31 Å². The van der Waals surface area contributed by atoms with E-state index >= 15 is 0 Å². The average Bonchev–Trinajstić information content (AvgIpc) is 3.30. The number of rotatable bonds is 10. The van der Waals surface area contributed by atoms with Crippen LogP contribution in [0.2, 0.25) is 5.02 Å². The van der Waals surface area contributed by atoms with E-state index in [0.29, 0.717) is 31.6 Å². The number of halogens is 2. The van der Waals surface area contributed by atoms with Crippen molar-refractivity contribution < 1.29 is 35.8 Å². The summed E-state index contributed by atoms with van der Waals surface area (Å²) >= 11 is 6.03. The first-order valence-electron chi connectivity index (χ1n) is 12.1. The Bertz CT molecular complexity index is 1350. The summed E-state index contributed by atoms with van der Waals surface area (Å²) in [5.74, 6) is -0.345. The van der Waals surface area contributed by atoms with E-state index < -0.39 is 37.6 Å². The molecule has 2 aliphatic rings. The molecule has 14 heteroatoms. The van der Waals surface area contributed by atoms with Crippen molar-refractivity contribution in [3.63, 3.8) is 0 Å². The summed E-state index contributed by atoms with van der Waals surface area (Å²) in [5.41, 5.74) is -0.476. The number of nitrogens with zero attached hydrogens (tertiary/aromatic N) is 1. The molecule has 2 aromatic rings. The quantitative estimate of drug-likeness (QED) is 0.380. The molecule has 2 fully saturated rings. The molecular formula is C24H31ClFN3O7S2. The highest BCUT2D eigenvalue weighted by Crippen LogP contribution is 2.38. The van der Waals surface area contributed by atoms with Gasteiger partial charge in [-0.25, -0.2) is 25.9 Å². The van der Waals surface area contributed by atoms with Crippen molar-refractivity contribution >= 4 is 31.6 Å². The Morgan fingerprint density at radius 3 is 2.66 bits per heavy atom. The molecule has 4 rings (SSSR count). The van der Waals surface area contributed by atoms with Crippen LogP contribution in [-0.4, -0.2) is 83.9 Å². The molecule has 1 unspecified atom stereocenters. The van der Waals surface area contributed by atoms with E-state index in [-0.39, 0.29) is 47.1 Å². The SMILES string of the molecule is CNS(=O)(=O)c1cccc(OC[C@@H](O)CNC2COC3(CCN(S(=O)(=O)c4cc(F)ccc4Cl)CC3)C2)c1. The molecular weight excluding hydrogens is 561 g/mol. The van der Waals surface area contributed by atoms with Gasteiger partial charge in [0.05, 0.1) is 22.1 Å². The fourth-order valence-corrected chi connectivity index (χ4v) is 7.37. The molecule has 0 aliphatic carbocycles. The fourth-order valence-electron chi connectivity index (χ4n) is 4.67. The Kier molecular flexibility index (Phi) is 8.99. The Labute approximate surface area is 227 Å². The monoisotopic (exact) mass is 591 g/mol. The third kappa shape index (κ3) is 6.65. The van der Waals surface area contributed by atoms with E-state index in [9.17, 15) is 26.3 Å². The minimum absolute atomic E-state index is 0.0219. The van der Waals surface area contributed by atoms with Crippen LogP contribution in [0.4, 0.5) is 4.39 Å². The first kappa shape index (κ1) is 29.2. The minimum atomic E-state index is -3.93. The zero-order valence-corrected chi connectivity index (χ0v) is 23.2. The first-order chi connectivity index (χ1) is 17.9. The average molecular weight is 592 g/mol. The van der Waals surface area contributed by atoms with Gasteiger partial charge in [-0.15, -0.1) is 0 Å². The number of nitrogens with one attached hydrogen (secondary N) is 2. The lowest BCUT2D eigenvalue weighted by Gasteiger charge is -2.38. The lowest BCUT2D eigenvalue weighted by Crippen LogP contribution is -2.47. The topological polar surface area (TPSA) is 134 Å². The molecule has 0 radical (unpaired) electrons. The standard InChI is InChI=1S/C24H31ClFN3O7S2/c1-27-37(31,32)21-4-2-3-20(12-21)35-16-19(30)14-28-18-13-24(36-15-18)7-9-29(10-8-24)38(33,34)23-11-17(26)5-6-22(23)25/h2-6,11-12,18-19,27-28,30H,7-10,13-16H2,1H3/t18?,19-/m0/s1. The molecule has 210 valence electrons. The van der Waals surface area contributed by atoms with E-state index in [1.165, 1.54) is 29.6 Å². The molecule has 2 heterocycles. The molecule has 2 saturated heterocycles. The van der Waals surface area contributed by atoms with Crippen LogP contribution in [0.15, 0.2) is 52.3 Å². The summed E-state index contributed by atoms with van der Waals surface area (Å²) in [4.78, 5) is -0.176. The molecule has 3 N–H and O–H groups in total. The molecule has 38 heavy (non-hydrogen) atoms. The van der Waals surface area contributed by atoms with Crippen molar-refractivity contribution in [2.45, 2.75) is 46.8 Å². The number of piperidine rings is 1. The Morgan fingerprint density at radius 1 is 1.21 bits per heavy atom. The maximum Gasteiger partial charge on any atom is 0.244 e. The van der Waals surface area contributed by atoms with Gasteiger partial charge in [0, 0.05) is 31.7 Å². The van der Waals surface area contributed by atoms with Crippen molar-refractivity contribution in [2.75, 3.05) is 39.9 Å². The van der Waals surface area contributed by atoms with Crippen molar-refractivity contribution in [3.8, 4) is 5.75 Å². The Morgan fingerprint density at radius 2 is 1.95 bits per heavy atom. The van der Waals surface area contributed by atoms with E-state index in [0.717, 1.165) is 12.1 Å². The second-order valence-corrected chi connectivity index (χ2v) is 13.6. The van der Waals surface area contributed by atoms with E-state index in [4.69, 9.17) is 21.1 Å². The zero-order valence-electron chi connectivity index (χ0n) is 20.8. The summed E-state index contributed by atoms with van der Waals surface area (Å²) in [5, 5.41) is 13.6. The maximum absolute atomic E-state index is 13.6. The smallest absolute Gasteiger partial charge is 0.244 e. The summed E-state index contributed by atoms with van der Waals surface area (Å²) in [6.07, 6.45) is 0.766. The number of aliphatic hydroxyl groups excluding tert-OH is 1. The Balaban J connectivity index is 1.24. The molecule has 0 aromatic heterocycles. The van der Waals surface area contributed by atoms with Crippen LogP contribution in [-0.2, 0) is 24.8 Å². The normalized spacial score (nSPS) is 21.0. The number of benzene rings is 2. The molecule has 2 aromatic carbocycles. The Hall–Kier alpha value is -1.84. The summed E-state index contributed by atoms with van der Waals surface area (Å²) < 4.78 is 78.7. The van der Waals surface area contributed by atoms with Gasteiger partial charge in [-0.05, 0) is 56.6 Å². The highest BCUT2D eigenvalue weighted by Gasteiger charge is 2.45. The number of aliphatic hydroxyl groups is 1. The number of hydrogen-bond donors (Lipinski definition) is 3. The van der Waals surface area contributed by atoms with Gasteiger partial charge in [0.1, 0.15) is 29.2 Å². The van der Waals surface area contributed by atoms with Gasteiger partial charge < -0.3 is 19.9 Å². The first-order valence-corrected chi connectivity index (χ1v) is 15.4. The molecule has 0 saturated carbocycles. The van der Waals surface area contributed by atoms with Gasteiger partial charge in [-0.1, -0.05) is 17.7 Å². The van der Waals surface area contributed by atoms with Crippen LogP contribution in [0.25, 0.3) is 0 Å². The van der Waals surface area contributed by atoms with Gasteiger partial charge in [0.2, 0.25) is 20.0 Å². The van der Waals surface area contributed by atoms with Crippen LogP contribution in [0, 0.1) is 5.82 Å². The van der Waals surface area contributed by atoms with E-state index in [1.807, 2.05) is 0 Å². The third-order valence-corrected chi connectivity index (χ3v) is 10.6. The molecule has 10 nitrogen and oxygen atoms in total. The molecule has 2 atom stereocenters. The molecule has 2 aliphatic heterocycles. The van der Waals surface area contributed by atoms with Crippen LogP contribution >= 0.6 is 11.6 Å². The lowest BCUT2D eigenvalue weighted by molar-refractivity contribution is -0.0312. The van der Waals surface area contributed by atoms with Crippen LogP contribution in [0.1, 0.15) is 19.3 Å². The highest BCUT2D eigenvalue weighted by atomic mass is 35.5. The number of ether oxygens (including phenoxy) is 2. The predicted molar refractivity (Wildman–Crippen MR) is 139 cm³/mol. The van der Waals surface area contributed by atoms with Crippen LogP contribution in [0.5, 0.6) is 5.75 Å². The maximum atomic E-state index is 13.6. The second-order valence-electron chi connectivity index (χ2n) is 9.43. The molecule has 0 amide bonds. The third-order valence-electron chi connectivity index (χ3n) is 6.82. The van der Waals surface area contributed by atoms with E-state index in [2.05, 4.69) is 10.0 Å². The largest absolute Gasteiger partial charge is 0.491 e. The second kappa shape index (κ2) is 11.7. The predicted octanol–water partition coefficient (Wildman–Crippen LogP) is 1.73. The minimum Gasteiger partial charge on any atom is -0.491 e. The number of sulfonamides is 2. The highest BCUT2D eigenvalue weighted by molar-refractivity contribution is 7.89. The van der Waals surface area contributed by atoms with Crippen molar-refractivity contribution in [3.05, 3.63) is 53.3 Å². The van der Waals surface area contributed by atoms with Gasteiger partial charge in [0.15, 0.2) is 0 Å². The van der Waals surface area contributed by atoms with Gasteiger partial charge in [-0.3, -0.25) is 0 Å². The summed E-state index contributed by atoms with van der Waals surface area (Å²) in [7, 11) is -6.21. The summed E-state index contributed by atoms with van der Waals surface area (Å²) in [6, 6.07) is 9.25. The van der Waals surface area contributed by atoms with Crippen molar-refractivity contribution in [1.82, 2.24) is 14.3 Å². The van der Waals surface area contributed by atoms with Crippen LogP contribution in [0.3, 0.4) is 0 Å². The van der Waals surface area contributed by atoms with Crippen LogP contribution < -0.4 is 14.8 Å². The van der Waals surface area contributed by atoms with Crippen molar-refractivity contribution in [1.29, 1.82) is 0 Å². The molecule has 0 bridgehead atoms. The van der Waals surface area contributed by atoms with Gasteiger partial charge in [0.25, 0.3) is 0 Å². The van der Waals surface area contributed by atoms with E-state index in [1.54, 1.807) is 12.1 Å².